The van der Waals surface area contributed by atoms with Crippen molar-refractivity contribution < 1.29 is 22.7 Å². The topological polar surface area (TPSA) is 74.7 Å². The molecule has 3 fully saturated rings. The molecule has 0 N–H and O–H groups in total. The average molecular weight is 639 g/mol. The molecule has 0 bridgehead atoms. The molecule has 7 rings (SSSR count). The third-order valence-corrected chi connectivity index (χ3v) is 9.38. The Morgan fingerprint density at radius 2 is 1.98 bits per heavy atom. The first-order chi connectivity index (χ1) is 21.7. The number of likely N-dealkylation sites (tertiary alicyclic amines) is 1. The second-order valence-electron chi connectivity index (χ2n) is 11.6. The van der Waals surface area contributed by atoms with Gasteiger partial charge in [0.05, 0.1) is 17.5 Å². The van der Waals surface area contributed by atoms with Crippen LogP contribution >= 0.6 is 11.6 Å². The fourth-order valence-electron chi connectivity index (χ4n) is 6.66. The Balaban J connectivity index is 0.000000337. The molecule has 45 heavy (non-hydrogen) atoms. The van der Waals surface area contributed by atoms with Crippen molar-refractivity contribution in [1.29, 1.82) is 0 Å². The summed E-state index contributed by atoms with van der Waals surface area (Å²) in [5.41, 5.74) is 0.340. The van der Waals surface area contributed by atoms with E-state index in [0.29, 0.717) is 59.6 Å². The monoisotopic (exact) mass is 638 g/mol. The first-order valence-electron chi connectivity index (χ1n) is 15.0. The number of carbonyl (C=O) groups excluding carboxylic acids is 1. The molecule has 5 heterocycles. The molecular formula is C33H34ClF3N6O2. The predicted molar refractivity (Wildman–Crippen MR) is 169 cm³/mol. The van der Waals surface area contributed by atoms with Gasteiger partial charge in [-0.25, -0.2) is 13.2 Å². The Bertz CT molecular complexity index is 1760. The normalized spacial score (nSPS) is 21.1. The molecule has 8 nitrogen and oxygen atoms in total. The van der Waals surface area contributed by atoms with E-state index in [4.69, 9.17) is 16.3 Å². The van der Waals surface area contributed by atoms with Gasteiger partial charge < -0.3 is 14.5 Å². The zero-order valence-corrected chi connectivity index (χ0v) is 25.9. The van der Waals surface area contributed by atoms with E-state index in [9.17, 15) is 13.6 Å². The quantitative estimate of drug-likeness (QED) is 0.241. The summed E-state index contributed by atoms with van der Waals surface area (Å²) >= 11 is 6.27. The molecule has 12 heteroatoms. The van der Waals surface area contributed by atoms with E-state index < -0.39 is 17.8 Å². The largest absolute Gasteiger partial charge is 0.467 e. The number of likely N-dealkylation sites (N-methyl/N-ethyl adjacent to an activating group) is 1. The molecule has 0 saturated carbocycles. The van der Waals surface area contributed by atoms with Gasteiger partial charge in [-0.1, -0.05) is 42.4 Å². The molecule has 3 unspecified atom stereocenters. The molecule has 2 aromatic carbocycles. The van der Waals surface area contributed by atoms with Crippen LogP contribution in [0.2, 0.25) is 5.02 Å². The van der Waals surface area contributed by atoms with Gasteiger partial charge in [0.25, 0.3) is 0 Å². The first kappa shape index (κ1) is 31.0. The summed E-state index contributed by atoms with van der Waals surface area (Å²) in [6.45, 7) is 6.46. The molecule has 4 aromatic rings. The highest BCUT2D eigenvalue weighted by molar-refractivity contribution is 6.36. The number of aromatic nitrogens is 3. The summed E-state index contributed by atoms with van der Waals surface area (Å²) in [4.78, 5) is 31.0. The molecule has 3 aliphatic rings. The van der Waals surface area contributed by atoms with Crippen LogP contribution in [0.15, 0.2) is 49.2 Å². The molecule has 3 atom stereocenters. The molecule has 0 aliphatic carbocycles. The number of hydrogen-bond acceptors (Lipinski definition) is 7. The number of alkyl halides is 1. The van der Waals surface area contributed by atoms with Gasteiger partial charge in [0.1, 0.15) is 29.0 Å². The molecule has 236 valence electrons. The van der Waals surface area contributed by atoms with Crippen molar-refractivity contribution in [1.82, 2.24) is 24.8 Å². The van der Waals surface area contributed by atoms with Crippen molar-refractivity contribution in [2.24, 2.45) is 0 Å². The highest BCUT2D eigenvalue weighted by Crippen LogP contribution is 2.38. The number of hydrogen-bond donors (Lipinski definition) is 0. The van der Waals surface area contributed by atoms with E-state index in [1.54, 1.807) is 29.2 Å². The summed E-state index contributed by atoms with van der Waals surface area (Å²) in [5.74, 6) is -1.02. The maximum absolute atomic E-state index is 16.0. The number of ether oxygens (including phenoxy) is 1. The number of amides is 1. The number of pyridine rings is 1. The number of nitrogens with zero attached hydrogens (tertiary/aromatic N) is 6. The smallest absolute Gasteiger partial charge is 0.318 e. The third-order valence-electron chi connectivity index (χ3n) is 9.01. The molecule has 2 aromatic heterocycles. The van der Waals surface area contributed by atoms with Crippen molar-refractivity contribution >= 4 is 45.0 Å². The lowest BCUT2D eigenvalue weighted by atomic mass is 10.0. The number of benzene rings is 2. The number of methoxy groups -OCH3 is 1. The van der Waals surface area contributed by atoms with Gasteiger partial charge >= 0.3 is 6.01 Å². The highest BCUT2D eigenvalue weighted by atomic mass is 35.5. The number of fused-ring (bicyclic) bond motifs is 3. The summed E-state index contributed by atoms with van der Waals surface area (Å²) in [6.07, 6.45) is 6.30. The SMILES string of the molecule is C=CC(=O)N1CCC(N(C)c2nc(OC)nc3c(F)c(-c4cccc5ccc(F)c(Cl)c45)ncc23)C1.FC1CC2CCCN2C1. The van der Waals surface area contributed by atoms with E-state index in [2.05, 4.69) is 26.4 Å². The van der Waals surface area contributed by atoms with Gasteiger partial charge in [-0.15, -0.1) is 0 Å². The Morgan fingerprint density at radius 1 is 1.16 bits per heavy atom. The van der Waals surface area contributed by atoms with Crippen molar-refractivity contribution in [2.45, 2.75) is 43.9 Å². The van der Waals surface area contributed by atoms with Crippen LogP contribution in [0.25, 0.3) is 32.9 Å². The van der Waals surface area contributed by atoms with Crippen LogP contribution < -0.4 is 9.64 Å². The lowest BCUT2D eigenvalue weighted by molar-refractivity contribution is -0.125. The van der Waals surface area contributed by atoms with Crippen molar-refractivity contribution in [3.8, 4) is 17.3 Å². The summed E-state index contributed by atoms with van der Waals surface area (Å²) in [6, 6.07) is 8.53. The molecule has 3 aliphatic heterocycles. The van der Waals surface area contributed by atoms with E-state index in [1.807, 2.05) is 11.9 Å². The van der Waals surface area contributed by atoms with Crippen molar-refractivity contribution in [3.05, 3.63) is 65.8 Å². The standard InChI is InChI=1S/C26H22ClF2N5O2.C7H12FN/c1-4-19(35)34-11-10-15(13-34)33(2)25-17-12-30-23(22(29)24(17)31-26(32-25)36-3)16-7-5-6-14-8-9-18(28)21(27)20(14)16;8-6-4-7-2-1-3-9(7)5-6/h4-9,12,15H,1,10-11,13H2,2-3H3;6-7H,1-5H2. The molecule has 3 saturated heterocycles. The van der Waals surface area contributed by atoms with Crippen LogP contribution in [0.4, 0.5) is 19.0 Å². The molecular weight excluding hydrogens is 605 g/mol. The van der Waals surface area contributed by atoms with Gasteiger partial charge in [0.2, 0.25) is 5.91 Å². The zero-order valence-electron chi connectivity index (χ0n) is 25.1. The number of anilines is 1. The van der Waals surface area contributed by atoms with Crippen LogP contribution in [0, 0.1) is 11.6 Å². The molecule has 1 amide bonds. The van der Waals surface area contributed by atoms with Gasteiger partial charge in [-0.3, -0.25) is 14.7 Å². The van der Waals surface area contributed by atoms with Crippen LogP contribution in [0.3, 0.4) is 0 Å². The van der Waals surface area contributed by atoms with E-state index in [0.717, 1.165) is 13.0 Å². The van der Waals surface area contributed by atoms with Crippen molar-refractivity contribution in [3.63, 3.8) is 0 Å². The molecule has 0 radical (unpaired) electrons. The second kappa shape index (κ2) is 12.8. The summed E-state index contributed by atoms with van der Waals surface area (Å²) in [7, 11) is 3.23. The van der Waals surface area contributed by atoms with Crippen LogP contribution in [0.5, 0.6) is 6.01 Å². The van der Waals surface area contributed by atoms with E-state index in [1.165, 1.54) is 38.3 Å². The third kappa shape index (κ3) is 5.91. The lowest BCUT2D eigenvalue weighted by Gasteiger charge is -2.27. The fraction of sp³-hybridized carbons (Fsp3) is 0.394. The summed E-state index contributed by atoms with van der Waals surface area (Å²) in [5, 5.41) is 1.29. The highest BCUT2D eigenvalue weighted by Gasteiger charge is 2.35. The number of rotatable bonds is 5. The summed E-state index contributed by atoms with van der Waals surface area (Å²) < 4.78 is 48.2. The van der Waals surface area contributed by atoms with Crippen LogP contribution in [-0.2, 0) is 4.79 Å². The van der Waals surface area contributed by atoms with Crippen LogP contribution in [0.1, 0.15) is 25.7 Å². The maximum atomic E-state index is 16.0. The minimum atomic E-state index is -0.703. The number of halogens is 4. The van der Waals surface area contributed by atoms with Gasteiger partial charge in [0, 0.05) is 55.9 Å². The van der Waals surface area contributed by atoms with Gasteiger partial charge in [-0.05, 0) is 49.8 Å². The predicted octanol–water partition coefficient (Wildman–Crippen LogP) is 6.20. The number of carbonyl (C=O) groups is 1. The molecule has 0 spiro atoms. The van der Waals surface area contributed by atoms with Crippen LogP contribution in [-0.4, -0.2) is 89.3 Å². The van der Waals surface area contributed by atoms with E-state index in [-0.39, 0.29) is 34.2 Å². The fourth-order valence-corrected chi connectivity index (χ4v) is 6.94. The van der Waals surface area contributed by atoms with Gasteiger partial charge in [0.15, 0.2) is 5.82 Å². The van der Waals surface area contributed by atoms with Gasteiger partial charge in [-0.2, -0.15) is 9.97 Å². The zero-order chi connectivity index (χ0) is 31.8. The Labute approximate surface area is 264 Å². The maximum Gasteiger partial charge on any atom is 0.318 e. The van der Waals surface area contributed by atoms with E-state index >= 15 is 4.39 Å². The first-order valence-corrected chi connectivity index (χ1v) is 15.4. The minimum absolute atomic E-state index is 0.00949. The lowest BCUT2D eigenvalue weighted by Crippen LogP contribution is -2.36. The Hall–Kier alpha value is -3.96. The second-order valence-corrected chi connectivity index (χ2v) is 12.0. The Morgan fingerprint density at radius 3 is 2.73 bits per heavy atom. The average Bonchev–Trinajstić information content (AvgIpc) is 3.79. The minimum Gasteiger partial charge on any atom is -0.467 e. The van der Waals surface area contributed by atoms with Crippen molar-refractivity contribution in [2.75, 3.05) is 45.2 Å². The Kier molecular flexibility index (Phi) is 8.83.